The molecule has 1 saturated heterocycles. The Morgan fingerprint density at radius 3 is 1.57 bits per heavy atom. The van der Waals surface area contributed by atoms with Gasteiger partial charge in [0.25, 0.3) is 11.2 Å². The lowest BCUT2D eigenvalue weighted by Gasteiger charge is -2.37. The van der Waals surface area contributed by atoms with Crippen LogP contribution in [0.1, 0.15) is 49.9 Å². The molecule has 0 amide bonds. The molecule has 6 aromatic carbocycles. The van der Waals surface area contributed by atoms with Crippen molar-refractivity contribution in [3.63, 3.8) is 0 Å². The van der Waals surface area contributed by atoms with Gasteiger partial charge in [-0.1, -0.05) is 121 Å². The van der Waals surface area contributed by atoms with E-state index in [1.807, 2.05) is 0 Å². The maximum atomic E-state index is 6.52. The lowest BCUT2D eigenvalue weighted by atomic mass is 9.65. The minimum Gasteiger partial charge on any atom is -0.545 e. The van der Waals surface area contributed by atoms with Crippen molar-refractivity contribution in [1.82, 2.24) is 0 Å². The first-order valence-corrected chi connectivity index (χ1v) is 16.4. The van der Waals surface area contributed by atoms with Gasteiger partial charge in [0.15, 0.2) is 0 Å². The van der Waals surface area contributed by atoms with E-state index in [9.17, 15) is 0 Å². The summed E-state index contributed by atoms with van der Waals surface area (Å²) in [5.41, 5.74) is 8.75. The molecule has 7 aromatic rings. The second-order valence-corrected chi connectivity index (χ2v) is 13.6. The van der Waals surface area contributed by atoms with E-state index in [1.165, 1.54) is 22.3 Å². The normalized spacial score (nSPS) is 15.8. The number of fused-ring (bicyclic) bond motifs is 3. The second-order valence-electron chi connectivity index (χ2n) is 13.6. The fourth-order valence-corrected chi connectivity index (χ4v) is 7.25. The molecule has 2 heterocycles. The van der Waals surface area contributed by atoms with Gasteiger partial charge in [-0.2, -0.15) is 0 Å². The van der Waals surface area contributed by atoms with Crippen LogP contribution in [0.3, 0.4) is 0 Å². The Labute approximate surface area is 276 Å². The molecule has 0 saturated carbocycles. The van der Waals surface area contributed by atoms with Gasteiger partial charge in [0, 0.05) is 12.1 Å². The van der Waals surface area contributed by atoms with Crippen molar-refractivity contribution in [2.75, 3.05) is 0 Å². The average molecular weight is 614 g/mol. The fourth-order valence-electron chi connectivity index (χ4n) is 7.25. The average Bonchev–Trinajstić information content (AvgIpc) is 3.58. The van der Waals surface area contributed by atoms with Gasteiger partial charge in [-0.15, -0.1) is 0 Å². The van der Waals surface area contributed by atoms with E-state index in [0.717, 1.165) is 38.5 Å². The minimum atomic E-state index is -0.512. The maximum absolute atomic E-state index is 6.52. The number of benzene rings is 6. The molecule has 1 aromatic heterocycles. The summed E-state index contributed by atoms with van der Waals surface area (Å²) in [6.45, 7) is 8.39. The Hall–Kier alpha value is -4.90. The van der Waals surface area contributed by atoms with Gasteiger partial charge in [-0.25, -0.2) is 0 Å². The number of hydrogen-bond donors (Lipinski definition) is 0. The highest BCUT2D eigenvalue weighted by molar-refractivity contribution is 6.66. The van der Waals surface area contributed by atoms with Gasteiger partial charge in [0.1, 0.15) is 0 Å². The summed E-state index contributed by atoms with van der Waals surface area (Å²) in [7, 11) is -0.466. The first-order chi connectivity index (χ1) is 22.8. The van der Waals surface area contributed by atoms with Crippen LogP contribution in [-0.4, -0.2) is 18.3 Å². The Kier molecular flexibility index (Phi) is 6.98. The molecular formula is C43H38BO3+. The van der Waals surface area contributed by atoms with E-state index < -0.39 is 23.7 Å². The van der Waals surface area contributed by atoms with Crippen molar-refractivity contribution in [2.45, 2.75) is 44.3 Å². The largest absolute Gasteiger partial charge is 0.545 e. The van der Waals surface area contributed by atoms with Crippen molar-refractivity contribution < 1.29 is 13.7 Å². The number of rotatable bonds is 6. The molecule has 0 unspecified atom stereocenters. The SMILES string of the molecule is CC1(C)OB(c2cccc3[oH+]c4ccc(-c5cccc(C(c6ccccc6)(c6ccccc6)c6ccccc6)c5)cc4c23)OC1(C)C. The monoisotopic (exact) mass is 613 g/mol. The van der Waals surface area contributed by atoms with Gasteiger partial charge in [-0.05, 0) is 84.7 Å². The molecule has 1 fully saturated rings. The zero-order valence-corrected chi connectivity index (χ0v) is 27.3. The van der Waals surface area contributed by atoms with Crippen LogP contribution in [0.2, 0.25) is 0 Å². The lowest BCUT2D eigenvalue weighted by molar-refractivity contribution is 0.00578. The summed E-state index contributed by atoms with van der Waals surface area (Å²) in [5, 5.41) is 2.19. The van der Waals surface area contributed by atoms with Gasteiger partial charge < -0.3 is 13.7 Å². The first kappa shape index (κ1) is 29.5. The lowest BCUT2D eigenvalue weighted by Crippen LogP contribution is -2.41. The van der Waals surface area contributed by atoms with Gasteiger partial charge >= 0.3 is 7.12 Å². The predicted molar refractivity (Wildman–Crippen MR) is 194 cm³/mol. The van der Waals surface area contributed by atoms with Crippen molar-refractivity contribution in [1.29, 1.82) is 0 Å². The Morgan fingerprint density at radius 1 is 0.489 bits per heavy atom. The van der Waals surface area contributed by atoms with Gasteiger partial charge in [0.05, 0.1) is 27.4 Å². The van der Waals surface area contributed by atoms with Crippen LogP contribution in [0.25, 0.3) is 33.1 Å². The summed E-state index contributed by atoms with van der Waals surface area (Å²) in [5.74, 6) is 0. The summed E-state index contributed by atoms with van der Waals surface area (Å²) in [4.78, 5) is 0. The van der Waals surface area contributed by atoms with Crippen LogP contribution < -0.4 is 5.46 Å². The smallest absolute Gasteiger partial charge is 0.495 e. The molecule has 8 rings (SSSR count). The van der Waals surface area contributed by atoms with Crippen molar-refractivity contribution >= 4 is 34.5 Å². The standard InChI is InChI=1S/C43H37BO3/c1-41(2)42(3,4)47-44(46-41)37-24-15-25-39-40(37)36-29-31(26-27-38(36)45-39)30-16-14-23-35(28-30)43(32-17-8-5-9-18-32,33-19-10-6-11-20-33)34-21-12-7-13-22-34/h5-29H,1-4H3/p+1. The third kappa shape index (κ3) is 4.74. The Bertz CT molecular complexity index is 2090. The Morgan fingerprint density at radius 2 is 1.00 bits per heavy atom. The van der Waals surface area contributed by atoms with Gasteiger partial charge in [0.2, 0.25) is 0 Å². The van der Waals surface area contributed by atoms with E-state index >= 15 is 0 Å². The number of hydrogen-bond acceptors (Lipinski definition) is 2. The highest BCUT2D eigenvalue weighted by atomic mass is 16.7. The highest BCUT2D eigenvalue weighted by Gasteiger charge is 2.52. The molecule has 1 aliphatic heterocycles. The third-order valence-electron chi connectivity index (χ3n) is 10.3. The Balaban J connectivity index is 1.32. The summed E-state index contributed by atoms with van der Waals surface area (Å²) < 4.78 is 18.1. The van der Waals surface area contributed by atoms with E-state index in [4.69, 9.17) is 13.7 Å². The summed E-state index contributed by atoms with van der Waals surface area (Å²) in [6, 6.07) is 54.5. The molecule has 4 heteroatoms. The van der Waals surface area contributed by atoms with E-state index in [-0.39, 0.29) is 0 Å². The van der Waals surface area contributed by atoms with Crippen molar-refractivity contribution in [3.05, 3.63) is 174 Å². The van der Waals surface area contributed by atoms with Crippen LogP contribution in [0.5, 0.6) is 0 Å². The first-order valence-electron chi connectivity index (χ1n) is 16.4. The van der Waals surface area contributed by atoms with Crippen LogP contribution in [0.15, 0.2) is 156 Å². The highest BCUT2D eigenvalue weighted by Crippen LogP contribution is 2.46. The molecule has 230 valence electrons. The topological polar surface area (TPSA) is 31.3 Å². The molecule has 0 atom stereocenters. The van der Waals surface area contributed by atoms with E-state index in [2.05, 4.69) is 179 Å². The van der Waals surface area contributed by atoms with Crippen molar-refractivity contribution in [2.24, 2.45) is 0 Å². The van der Waals surface area contributed by atoms with E-state index in [1.54, 1.807) is 0 Å². The molecule has 0 spiro atoms. The zero-order chi connectivity index (χ0) is 32.2. The predicted octanol–water partition coefficient (Wildman–Crippen LogP) is 10.0. The molecule has 1 aliphatic rings. The fraction of sp³-hybridized carbons (Fsp3) is 0.163. The maximum Gasteiger partial charge on any atom is 0.495 e. The summed E-state index contributed by atoms with van der Waals surface area (Å²) in [6.07, 6.45) is 0. The van der Waals surface area contributed by atoms with Crippen LogP contribution >= 0.6 is 0 Å². The quantitative estimate of drug-likeness (QED) is 0.106. The molecule has 3 nitrogen and oxygen atoms in total. The number of furan rings is 1. The molecule has 1 N–H and O–H groups in total. The van der Waals surface area contributed by atoms with Gasteiger partial charge in [-0.3, -0.25) is 0 Å². The van der Waals surface area contributed by atoms with Crippen LogP contribution in [0, 0.1) is 0 Å². The molecule has 0 aliphatic carbocycles. The van der Waals surface area contributed by atoms with Crippen molar-refractivity contribution in [3.8, 4) is 11.1 Å². The molecule has 0 radical (unpaired) electrons. The second kappa shape index (κ2) is 11.1. The minimum absolute atomic E-state index is 0.427. The van der Waals surface area contributed by atoms with Crippen LogP contribution in [0.4, 0.5) is 0 Å². The molecule has 0 bridgehead atoms. The van der Waals surface area contributed by atoms with E-state index in [0.29, 0.717) is 0 Å². The molecule has 47 heavy (non-hydrogen) atoms. The zero-order valence-electron chi connectivity index (χ0n) is 27.3. The van der Waals surface area contributed by atoms with Crippen LogP contribution in [-0.2, 0) is 14.7 Å². The molecular weight excluding hydrogens is 575 g/mol. The summed E-state index contributed by atoms with van der Waals surface area (Å²) >= 11 is 0. The third-order valence-corrected chi connectivity index (χ3v) is 10.3.